The maximum atomic E-state index is 10.8. The molecule has 2 rings (SSSR count). The lowest BCUT2D eigenvalue weighted by Gasteiger charge is -2.09. The highest BCUT2D eigenvalue weighted by atomic mass is 127. The summed E-state index contributed by atoms with van der Waals surface area (Å²) in [6, 6.07) is 10.4. The molecule has 4 nitrogen and oxygen atoms in total. The van der Waals surface area contributed by atoms with E-state index >= 15 is 0 Å². The Balaban J connectivity index is 2.36. The molecule has 0 unspecified atom stereocenters. The Kier molecular flexibility index (Phi) is 4.26. The van der Waals surface area contributed by atoms with Crippen molar-refractivity contribution < 1.29 is 9.66 Å². The van der Waals surface area contributed by atoms with Gasteiger partial charge in [-0.2, -0.15) is 0 Å². The Morgan fingerprint density at radius 2 is 2.05 bits per heavy atom. The van der Waals surface area contributed by atoms with Gasteiger partial charge in [-0.3, -0.25) is 10.1 Å². The van der Waals surface area contributed by atoms with Crippen LogP contribution in [0.5, 0.6) is 11.5 Å². The van der Waals surface area contributed by atoms with Gasteiger partial charge in [-0.15, -0.1) is 0 Å². The summed E-state index contributed by atoms with van der Waals surface area (Å²) >= 11 is 8.05. The van der Waals surface area contributed by atoms with Crippen molar-refractivity contribution in [3.8, 4) is 11.5 Å². The number of halogens is 2. The SMILES string of the molecule is Cc1cc([N+](=O)[O-])c(Cl)cc1Oc1cccc(I)c1. The van der Waals surface area contributed by atoms with Gasteiger partial charge in [0.05, 0.1) is 4.92 Å². The number of nitro benzene ring substituents is 1. The molecule has 0 bridgehead atoms. The van der Waals surface area contributed by atoms with E-state index in [4.69, 9.17) is 16.3 Å². The summed E-state index contributed by atoms with van der Waals surface area (Å²) in [5.74, 6) is 1.18. The van der Waals surface area contributed by atoms with Gasteiger partial charge >= 0.3 is 0 Å². The molecule has 0 aromatic heterocycles. The predicted octanol–water partition coefficient (Wildman–Crippen LogP) is 4.95. The molecule has 0 radical (unpaired) electrons. The first kappa shape index (κ1) is 14.1. The van der Waals surface area contributed by atoms with Gasteiger partial charge in [0.1, 0.15) is 16.5 Å². The molecular formula is C13H9ClINO3. The van der Waals surface area contributed by atoms with Crippen LogP contribution in [0.4, 0.5) is 5.69 Å². The average molecular weight is 390 g/mol. The van der Waals surface area contributed by atoms with Gasteiger partial charge in [0, 0.05) is 15.7 Å². The first-order chi connectivity index (χ1) is 8.97. The van der Waals surface area contributed by atoms with E-state index in [-0.39, 0.29) is 10.7 Å². The molecule has 0 heterocycles. The number of hydrogen-bond acceptors (Lipinski definition) is 3. The van der Waals surface area contributed by atoms with Crippen LogP contribution in [-0.4, -0.2) is 4.92 Å². The first-order valence-corrected chi connectivity index (χ1v) is 6.81. The number of nitrogens with zero attached hydrogens (tertiary/aromatic N) is 1. The van der Waals surface area contributed by atoms with E-state index in [1.165, 1.54) is 12.1 Å². The second-order valence-electron chi connectivity index (χ2n) is 3.89. The molecule has 0 amide bonds. The smallest absolute Gasteiger partial charge is 0.288 e. The fourth-order valence-electron chi connectivity index (χ4n) is 1.56. The first-order valence-electron chi connectivity index (χ1n) is 5.35. The summed E-state index contributed by atoms with van der Waals surface area (Å²) in [6.07, 6.45) is 0. The number of nitro groups is 1. The molecular weight excluding hydrogens is 381 g/mol. The van der Waals surface area contributed by atoms with E-state index < -0.39 is 4.92 Å². The number of hydrogen-bond donors (Lipinski definition) is 0. The predicted molar refractivity (Wildman–Crippen MR) is 82.1 cm³/mol. The lowest BCUT2D eigenvalue weighted by Crippen LogP contribution is -1.93. The van der Waals surface area contributed by atoms with Crippen molar-refractivity contribution in [3.05, 3.63) is 60.7 Å². The summed E-state index contributed by atoms with van der Waals surface area (Å²) in [4.78, 5) is 10.3. The fourth-order valence-corrected chi connectivity index (χ4v) is 2.29. The van der Waals surface area contributed by atoms with Crippen LogP contribution in [-0.2, 0) is 0 Å². The summed E-state index contributed by atoms with van der Waals surface area (Å²) in [7, 11) is 0. The van der Waals surface area contributed by atoms with Gasteiger partial charge in [0.15, 0.2) is 0 Å². The molecule has 2 aromatic carbocycles. The quantitative estimate of drug-likeness (QED) is 0.424. The zero-order valence-electron chi connectivity index (χ0n) is 9.89. The Bertz CT molecular complexity index is 646. The third-order valence-electron chi connectivity index (χ3n) is 2.46. The van der Waals surface area contributed by atoms with Crippen molar-refractivity contribution >= 4 is 39.9 Å². The summed E-state index contributed by atoms with van der Waals surface area (Å²) < 4.78 is 6.74. The fraction of sp³-hybridized carbons (Fsp3) is 0.0769. The highest BCUT2D eigenvalue weighted by Crippen LogP contribution is 2.34. The van der Waals surface area contributed by atoms with Crippen LogP contribution in [0.3, 0.4) is 0 Å². The van der Waals surface area contributed by atoms with Gasteiger partial charge in [0.2, 0.25) is 0 Å². The molecule has 0 spiro atoms. The molecule has 2 aromatic rings. The van der Waals surface area contributed by atoms with Gasteiger partial charge < -0.3 is 4.74 Å². The lowest BCUT2D eigenvalue weighted by molar-refractivity contribution is -0.384. The summed E-state index contributed by atoms with van der Waals surface area (Å²) in [6.45, 7) is 1.74. The van der Waals surface area contributed by atoms with E-state index in [0.29, 0.717) is 17.1 Å². The van der Waals surface area contributed by atoms with Crippen molar-refractivity contribution in [1.82, 2.24) is 0 Å². The molecule has 6 heteroatoms. The maximum Gasteiger partial charge on any atom is 0.288 e. The van der Waals surface area contributed by atoms with Gasteiger partial charge in [-0.1, -0.05) is 17.7 Å². The van der Waals surface area contributed by atoms with Crippen LogP contribution in [0.15, 0.2) is 36.4 Å². The highest BCUT2D eigenvalue weighted by Gasteiger charge is 2.16. The summed E-state index contributed by atoms with van der Waals surface area (Å²) in [5.41, 5.74) is 0.545. The van der Waals surface area contributed by atoms with Crippen LogP contribution in [0, 0.1) is 20.6 Å². The van der Waals surface area contributed by atoms with Gasteiger partial charge in [-0.25, -0.2) is 0 Å². The van der Waals surface area contributed by atoms with E-state index in [1.54, 1.807) is 6.92 Å². The van der Waals surface area contributed by atoms with Crippen molar-refractivity contribution in [3.63, 3.8) is 0 Å². The Morgan fingerprint density at radius 1 is 1.32 bits per heavy atom. The maximum absolute atomic E-state index is 10.8. The van der Waals surface area contributed by atoms with Crippen LogP contribution >= 0.6 is 34.2 Å². The Hall–Kier alpha value is -1.34. The Morgan fingerprint density at radius 3 is 2.68 bits per heavy atom. The van der Waals surface area contributed by atoms with Crippen LogP contribution in [0.1, 0.15) is 5.56 Å². The molecule has 0 atom stereocenters. The molecule has 0 aliphatic rings. The molecule has 0 saturated heterocycles. The minimum absolute atomic E-state index is 0.0660. The van der Waals surface area contributed by atoms with Crippen molar-refractivity contribution in [2.45, 2.75) is 6.92 Å². The molecule has 0 aliphatic heterocycles. The van der Waals surface area contributed by atoms with Gasteiger partial charge in [0.25, 0.3) is 5.69 Å². The van der Waals surface area contributed by atoms with Crippen molar-refractivity contribution in [2.24, 2.45) is 0 Å². The lowest BCUT2D eigenvalue weighted by atomic mass is 10.2. The molecule has 0 saturated carbocycles. The number of rotatable bonds is 3. The normalized spacial score (nSPS) is 10.3. The third-order valence-corrected chi connectivity index (χ3v) is 3.44. The molecule has 98 valence electrons. The summed E-state index contributed by atoms with van der Waals surface area (Å²) in [5, 5.41) is 10.8. The number of benzene rings is 2. The minimum Gasteiger partial charge on any atom is -0.457 e. The van der Waals surface area contributed by atoms with Crippen molar-refractivity contribution in [2.75, 3.05) is 0 Å². The molecule has 0 aliphatic carbocycles. The van der Waals surface area contributed by atoms with Crippen LogP contribution in [0.2, 0.25) is 5.02 Å². The molecule has 0 fully saturated rings. The topological polar surface area (TPSA) is 52.4 Å². The Labute approximate surface area is 128 Å². The number of aryl methyl sites for hydroxylation is 1. The second kappa shape index (κ2) is 5.75. The second-order valence-corrected chi connectivity index (χ2v) is 5.54. The van der Waals surface area contributed by atoms with E-state index in [0.717, 1.165) is 3.57 Å². The molecule has 19 heavy (non-hydrogen) atoms. The van der Waals surface area contributed by atoms with Crippen molar-refractivity contribution in [1.29, 1.82) is 0 Å². The zero-order valence-corrected chi connectivity index (χ0v) is 12.8. The highest BCUT2D eigenvalue weighted by molar-refractivity contribution is 14.1. The van der Waals surface area contributed by atoms with E-state index in [2.05, 4.69) is 22.6 Å². The standard InChI is InChI=1S/C13H9ClINO3/c1-8-5-12(16(17)18)11(14)7-13(8)19-10-4-2-3-9(15)6-10/h2-7H,1H3. The van der Waals surface area contributed by atoms with Crippen LogP contribution in [0.25, 0.3) is 0 Å². The number of ether oxygens (including phenoxy) is 1. The largest absolute Gasteiger partial charge is 0.457 e. The van der Waals surface area contributed by atoms with Gasteiger partial charge in [-0.05, 0) is 53.3 Å². The molecule has 0 N–H and O–H groups in total. The monoisotopic (exact) mass is 389 g/mol. The van der Waals surface area contributed by atoms with Crippen LogP contribution < -0.4 is 4.74 Å². The minimum atomic E-state index is -0.509. The average Bonchev–Trinajstić information content (AvgIpc) is 2.33. The van der Waals surface area contributed by atoms with E-state index in [9.17, 15) is 10.1 Å². The third kappa shape index (κ3) is 3.36. The van der Waals surface area contributed by atoms with E-state index in [1.807, 2.05) is 24.3 Å². The zero-order chi connectivity index (χ0) is 14.0.